The lowest BCUT2D eigenvalue weighted by Crippen LogP contribution is -2.18. The van der Waals surface area contributed by atoms with E-state index >= 15 is 0 Å². The maximum Gasteiger partial charge on any atom is 0.336 e. The maximum absolute atomic E-state index is 12.5. The number of furan rings is 1. The topological polar surface area (TPSA) is 162 Å². The molecule has 4 aromatic rings. The van der Waals surface area contributed by atoms with Crippen LogP contribution in [-0.2, 0) is 4.79 Å². The summed E-state index contributed by atoms with van der Waals surface area (Å²) in [5.74, 6) is -1.17. The van der Waals surface area contributed by atoms with E-state index in [0.29, 0.717) is 16.8 Å². The molecule has 2 amide bonds. The number of ether oxygens (including phenoxy) is 2. The van der Waals surface area contributed by atoms with Crippen molar-refractivity contribution >= 4 is 41.4 Å². The van der Waals surface area contributed by atoms with Crippen LogP contribution in [0.1, 0.15) is 32.0 Å². The Morgan fingerprint density at radius 2 is 1.76 bits per heavy atom. The highest BCUT2D eigenvalue weighted by atomic mass is 16.6. The van der Waals surface area contributed by atoms with E-state index in [2.05, 4.69) is 15.8 Å². The number of hydrogen-bond donors (Lipinski definition) is 2. The van der Waals surface area contributed by atoms with Gasteiger partial charge in [-0.25, -0.2) is 10.2 Å². The molecule has 0 aliphatic heterocycles. The molecule has 0 aliphatic carbocycles. The number of hydrazone groups is 1. The summed E-state index contributed by atoms with van der Waals surface area (Å²) in [5.41, 5.74) is 3.96. The number of nitro groups is 1. The molecular formula is C29H22N4O8. The number of nitrogens with zero attached hydrogens (tertiary/aromatic N) is 2. The molecule has 0 saturated heterocycles. The lowest BCUT2D eigenvalue weighted by Gasteiger charge is -2.08. The van der Waals surface area contributed by atoms with Gasteiger partial charge in [-0.15, -0.1) is 0 Å². The molecule has 0 radical (unpaired) electrons. The Kier molecular flexibility index (Phi) is 8.98. The lowest BCUT2D eigenvalue weighted by molar-refractivity contribution is -0.384. The molecule has 4 rings (SSSR count). The third-order valence-corrected chi connectivity index (χ3v) is 5.40. The fourth-order valence-electron chi connectivity index (χ4n) is 3.47. The fourth-order valence-corrected chi connectivity index (χ4v) is 3.47. The monoisotopic (exact) mass is 554 g/mol. The van der Waals surface area contributed by atoms with Crippen LogP contribution in [0.2, 0.25) is 0 Å². The molecule has 2 N–H and O–H groups in total. The normalized spacial score (nSPS) is 10.9. The van der Waals surface area contributed by atoms with E-state index in [-0.39, 0.29) is 28.5 Å². The van der Waals surface area contributed by atoms with Crippen LogP contribution in [-0.4, -0.2) is 36.0 Å². The molecule has 1 aromatic heterocycles. The van der Waals surface area contributed by atoms with Crippen LogP contribution in [0.4, 0.5) is 11.4 Å². The van der Waals surface area contributed by atoms with Crippen molar-refractivity contribution in [1.29, 1.82) is 0 Å². The number of nitro benzene ring substituents is 1. The zero-order valence-corrected chi connectivity index (χ0v) is 21.5. The van der Waals surface area contributed by atoms with Crippen molar-refractivity contribution in [2.24, 2.45) is 5.10 Å². The predicted octanol–water partition coefficient (Wildman–Crippen LogP) is 4.83. The summed E-state index contributed by atoms with van der Waals surface area (Å²) in [6, 6.07) is 19.8. The number of rotatable bonds is 10. The SMILES string of the molecule is COc1cc(C=NNC(=O)c2cccc(NC(=O)c3ccco3)c2)ccc1OC(=O)/C=C/c1cccc([N+](=O)[O-])c1. The number of non-ortho nitro benzene ring substituents is 1. The van der Waals surface area contributed by atoms with Gasteiger partial charge in [-0.1, -0.05) is 18.2 Å². The van der Waals surface area contributed by atoms with E-state index < -0.39 is 22.7 Å². The second-order valence-electron chi connectivity index (χ2n) is 8.23. The first-order valence-corrected chi connectivity index (χ1v) is 11.9. The van der Waals surface area contributed by atoms with Gasteiger partial charge in [0, 0.05) is 29.5 Å². The van der Waals surface area contributed by atoms with Crippen molar-refractivity contribution in [2.45, 2.75) is 0 Å². The van der Waals surface area contributed by atoms with E-state index in [9.17, 15) is 24.5 Å². The molecule has 12 heteroatoms. The largest absolute Gasteiger partial charge is 0.493 e. The Balaban J connectivity index is 1.35. The zero-order valence-electron chi connectivity index (χ0n) is 21.5. The van der Waals surface area contributed by atoms with Crippen LogP contribution in [0.25, 0.3) is 6.08 Å². The van der Waals surface area contributed by atoms with Crippen LogP contribution in [0, 0.1) is 10.1 Å². The van der Waals surface area contributed by atoms with Crippen molar-refractivity contribution in [2.75, 3.05) is 12.4 Å². The molecule has 0 aliphatic rings. The average Bonchev–Trinajstić information content (AvgIpc) is 3.52. The van der Waals surface area contributed by atoms with Crippen molar-refractivity contribution in [3.05, 3.63) is 124 Å². The first-order chi connectivity index (χ1) is 19.8. The number of esters is 1. The number of carbonyl (C=O) groups excluding carboxylic acids is 3. The molecule has 206 valence electrons. The van der Waals surface area contributed by atoms with E-state index in [1.54, 1.807) is 42.5 Å². The summed E-state index contributed by atoms with van der Waals surface area (Å²) in [6.45, 7) is 0. The van der Waals surface area contributed by atoms with Gasteiger partial charge in [0.1, 0.15) is 0 Å². The summed E-state index contributed by atoms with van der Waals surface area (Å²) >= 11 is 0. The van der Waals surface area contributed by atoms with E-state index in [4.69, 9.17) is 13.9 Å². The second kappa shape index (κ2) is 13.2. The molecular weight excluding hydrogens is 532 g/mol. The second-order valence-corrected chi connectivity index (χ2v) is 8.23. The van der Waals surface area contributed by atoms with Gasteiger partial charge < -0.3 is 19.2 Å². The Hall–Kier alpha value is -6.04. The maximum atomic E-state index is 12.5. The van der Waals surface area contributed by atoms with Gasteiger partial charge in [0.15, 0.2) is 17.3 Å². The third-order valence-electron chi connectivity index (χ3n) is 5.40. The number of amides is 2. The van der Waals surface area contributed by atoms with Gasteiger partial charge in [-0.2, -0.15) is 5.10 Å². The third kappa shape index (κ3) is 7.74. The minimum absolute atomic E-state index is 0.0984. The number of methoxy groups -OCH3 is 1. The minimum Gasteiger partial charge on any atom is -0.493 e. The Morgan fingerprint density at radius 1 is 0.927 bits per heavy atom. The van der Waals surface area contributed by atoms with Gasteiger partial charge in [0.05, 0.1) is 24.5 Å². The predicted molar refractivity (Wildman–Crippen MR) is 149 cm³/mol. The molecule has 1 heterocycles. The molecule has 41 heavy (non-hydrogen) atoms. The van der Waals surface area contributed by atoms with Crippen molar-refractivity contribution < 1.29 is 33.2 Å². The van der Waals surface area contributed by atoms with Gasteiger partial charge in [0.2, 0.25) is 0 Å². The van der Waals surface area contributed by atoms with Gasteiger partial charge in [0.25, 0.3) is 17.5 Å². The van der Waals surface area contributed by atoms with Crippen LogP contribution in [0.15, 0.2) is 101 Å². The molecule has 0 unspecified atom stereocenters. The summed E-state index contributed by atoms with van der Waals surface area (Å²) in [7, 11) is 1.39. The number of hydrogen-bond acceptors (Lipinski definition) is 9. The Bertz CT molecular complexity index is 1640. The van der Waals surface area contributed by atoms with E-state index in [1.165, 1.54) is 62.1 Å². The first-order valence-electron chi connectivity index (χ1n) is 11.9. The van der Waals surface area contributed by atoms with Crippen molar-refractivity contribution in [1.82, 2.24) is 5.43 Å². The number of nitrogens with one attached hydrogen (secondary N) is 2. The molecule has 12 nitrogen and oxygen atoms in total. The van der Waals surface area contributed by atoms with Crippen LogP contribution >= 0.6 is 0 Å². The summed E-state index contributed by atoms with van der Waals surface area (Å²) in [5, 5.41) is 17.5. The van der Waals surface area contributed by atoms with Gasteiger partial charge in [-0.05, 0) is 65.7 Å². The van der Waals surface area contributed by atoms with Crippen molar-refractivity contribution in [3.63, 3.8) is 0 Å². The standard InChI is InChI=1S/C29H22N4O8/c1-39-26-16-20(10-12-24(26)41-27(34)13-11-19-5-2-8-23(15-19)33(37)38)18-30-32-28(35)21-6-3-7-22(17-21)31-29(36)25-9-4-14-40-25/h2-18H,1H3,(H,31,36)(H,32,35)/b13-11+,30-18?. The molecule has 0 bridgehead atoms. The number of carbonyl (C=O) groups is 3. The zero-order chi connectivity index (χ0) is 29.2. The van der Waals surface area contributed by atoms with Crippen LogP contribution in [0.5, 0.6) is 11.5 Å². The highest BCUT2D eigenvalue weighted by molar-refractivity contribution is 6.03. The molecule has 0 atom stereocenters. The fraction of sp³-hybridized carbons (Fsp3) is 0.0345. The highest BCUT2D eigenvalue weighted by Gasteiger charge is 2.12. The van der Waals surface area contributed by atoms with Gasteiger partial charge >= 0.3 is 5.97 Å². The Labute approximate surface area is 233 Å². The van der Waals surface area contributed by atoms with Gasteiger partial charge in [-0.3, -0.25) is 19.7 Å². The summed E-state index contributed by atoms with van der Waals surface area (Å²) in [6.07, 6.45) is 5.29. The summed E-state index contributed by atoms with van der Waals surface area (Å²) < 4.78 is 15.7. The number of anilines is 1. The molecule has 0 fully saturated rings. The lowest BCUT2D eigenvalue weighted by atomic mass is 10.2. The van der Waals surface area contributed by atoms with Crippen LogP contribution in [0.3, 0.4) is 0 Å². The van der Waals surface area contributed by atoms with Crippen LogP contribution < -0.4 is 20.2 Å². The average molecular weight is 555 g/mol. The van der Waals surface area contributed by atoms with Crippen molar-refractivity contribution in [3.8, 4) is 11.5 Å². The van der Waals surface area contributed by atoms with E-state index in [1.807, 2.05) is 0 Å². The number of benzene rings is 3. The minimum atomic E-state index is -0.717. The Morgan fingerprint density at radius 3 is 2.51 bits per heavy atom. The quantitative estimate of drug-likeness (QED) is 0.0703. The molecule has 0 spiro atoms. The summed E-state index contributed by atoms with van der Waals surface area (Å²) in [4.78, 5) is 47.3. The van der Waals surface area contributed by atoms with E-state index in [0.717, 1.165) is 6.08 Å². The first kappa shape index (κ1) is 28.0. The smallest absolute Gasteiger partial charge is 0.336 e. The molecule has 3 aromatic carbocycles. The molecule has 0 saturated carbocycles. The highest BCUT2D eigenvalue weighted by Crippen LogP contribution is 2.28.